The lowest BCUT2D eigenvalue weighted by Crippen LogP contribution is -2.31. The fourth-order valence-corrected chi connectivity index (χ4v) is 2.94. The van der Waals surface area contributed by atoms with Crippen LogP contribution in [0.4, 0.5) is 0 Å². The molecule has 0 atom stereocenters. The molecule has 1 heteroatoms. The Bertz CT molecular complexity index is 226. The van der Waals surface area contributed by atoms with Gasteiger partial charge in [0.1, 0.15) is 5.78 Å². The molecule has 0 spiro atoms. The largest absolute Gasteiger partial charge is 0.299 e. The first-order valence-corrected chi connectivity index (χ1v) is 6.85. The molecule has 1 fully saturated rings. The maximum atomic E-state index is 12.1. The van der Waals surface area contributed by atoms with E-state index in [9.17, 15) is 4.79 Å². The van der Waals surface area contributed by atoms with Gasteiger partial charge in [-0.3, -0.25) is 4.79 Å². The third kappa shape index (κ3) is 3.92. The Labute approximate surface area is 101 Å². The van der Waals surface area contributed by atoms with Crippen molar-refractivity contribution in [1.29, 1.82) is 0 Å². The fourth-order valence-electron chi connectivity index (χ4n) is 2.94. The molecule has 1 nitrogen and oxygen atoms in total. The number of Topliss-reactive ketones (excluding diaryl/α,β-unsaturated/α-hetero) is 1. The average Bonchev–Trinajstić information content (AvgIpc) is 2.15. The zero-order valence-electron chi connectivity index (χ0n) is 11.7. The molecule has 0 aromatic heterocycles. The number of hydrogen-bond acceptors (Lipinski definition) is 1. The Hall–Kier alpha value is -0.330. The predicted molar refractivity (Wildman–Crippen MR) is 69.4 cm³/mol. The highest BCUT2D eigenvalue weighted by atomic mass is 16.1. The first-order chi connectivity index (χ1) is 7.30. The summed E-state index contributed by atoms with van der Waals surface area (Å²) in [4.78, 5) is 12.1. The van der Waals surface area contributed by atoms with Gasteiger partial charge in [-0.15, -0.1) is 0 Å². The van der Waals surface area contributed by atoms with Crippen LogP contribution in [0.15, 0.2) is 0 Å². The van der Waals surface area contributed by atoms with Crippen molar-refractivity contribution in [3.8, 4) is 0 Å². The summed E-state index contributed by atoms with van der Waals surface area (Å²) in [6, 6.07) is 0. The number of carbonyl (C=O) groups is 1. The lowest BCUT2D eigenvalue weighted by atomic mass is 9.72. The van der Waals surface area contributed by atoms with Crippen molar-refractivity contribution >= 4 is 5.78 Å². The SMILES string of the molecule is CC(C)CC1CCC(C(=O)C(C)(C)C)CC1. The van der Waals surface area contributed by atoms with E-state index in [4.69, 9.17) is 0 Å². The third-order valence-electron chi connectivity index (χ3n) is 3.76. The predicted octanol–water partition coefficient (Wildman–Crippen LogP) is 4.45. The molecule has 1 saturated carbocycles. The van der Waals surface area contributed by atoms with Gasteiger partial charge in [0.15, 0.2) is 0 Å². The first-order valence-electron chi connectivity index (χ1n) is 6.85. The molecule has 0 radical (unpaired) electrons. The second kappa shape index (κ2) is 5.33. The molecule has 0 saturated heterocycles. The summed E-state index contributed by atoms with van der Waals surface area (Å²) in [7, 11) is 0. The van der Waals surface area contributed by atoms with Gasteiger partial charge in [-0.1, -0.05) is 34.6 Å². The van der Waals surface area contributed by atoms with E-state index in [1.54, 1.807) is 0 Å². The Balaban J connectivity index is 2.40. The van der Waals surface area contributed by atoms with Gasteiger partial charge < -0.3 is 0 Å². The zero-order chi connectivity index (χ0) is 12.3. The molecule has 0 N–H and O–H groups in total. The summed E-state index contributed by atoms with van der Waals surface area (Å²) in [5.74, 6) is 2.52. The van der Waals surface area contributed by atoms with E-state index >= 15 is 0 Å². The molecular formula is C15H28O. The molecule has 0 heterocycles. The van der Waals surface area contributed by atoms with E-state index in [1.165, 1.54) is 19.3 Å². The monoisotopic (exact) mass is 224 g/mol. The molecule has 0 aliphatic heterocycles. The minimum absolute atomic E-state index is 0.143. The maximum Gasteiger partial charge on any atom is 0.141 e. The molecule has 0 unspecified atom stereocenters. The highest BCUT2D eigenvalue weighted by molar-refractivity contribution is 5.85. The second-order valence-electron chi connectivity index (χ2n) is 6.96. The molecule has 1 rings (SSSR count). The molecule has 1 aliphatic carbocycles. The van der Waals surface area contributed by atoms with Crippen molar-refractivity contribution in [1.82, 2.24) is 0 Å². The Morgan fingerprint density at radius 2 is 1.62 bits per heavy atom. The van der Waals surface area contributed by atoms with Crippen LogP contribution in [0.3, 0.4) is 0 Å². The number of rotatable bonds is 3. The Kier molecular flexibility index (Phi) is 4.58. The van der Waals surface area contributed by atoms with Crippen LogP contribution in [0.1, 0.15) is 66.7 Å². The van der Waals surface area contributed by atoms with Crippen molar-refractivity contribution in [3.63, 3.8) is 0 Å². The molecular weight excluding hydrogens is 196 g/mol. The van der Waals surface area contributed by atoms with E-state index in [0.29, 0.717) is 11.7 Å². The van der Waals surface area contributed by atoms with Gasteiger partial charge in [-0.05, 0) is 43.9 Å². The minimum atomic E-state index is -0.143. The van der Waals surface area contributed by atoms with E-state index in [-0.39, 0.29) is 5.41 Å². The van der Waals surface area contributed by atoms with Gasteiger partial charge in [0.25, 0.3) is 0 Å². The quantitative estimate of drug-likeness (QED) is 0.692. The van der Waals surface area contributed by atoms with Gasteiger partial charge in [0, 0.05) is 11.3 Å². The summed E-state index contributed by atoms with van der Waals surface area (Å²) in [6.07, 6.45) is 6.15. The van der Waals surface area contributed by atoms with Crippen LogP contribution < -0.4 is 0 Å². The molecule has 1 aliphatic rings. The van der Waals surface area contributed by atoms with Crippen LogP contribution in [0.2, 0.25) is 0 Å². The standard InChI is InChI=1S/C15H28O/c1-11(2)10-12-6-8-13(9-7-12)14(16)15(3,4)5/h11-13H,6-10H2,1-5H3. The van der Waals surface area contributed by atoms with Crippen LogP contribution in [0.25, 0.3) is 0 Å². The van der Waals surface area contributed by atoms with Crippen LogP contribution in [0, 0.1) is 23.2 Å². The van der Waals surface area contributed by atoms with Crippen molar-refractivity contribution in [3.05, 3.63) is 0 Å². The van der Waals surface area contributed by atoms with Crippen molar-refractivity contribution < 1.29 is 4.79 Å². The van der Waals surface area contributed by atoms with E-state index in [2.05, 4.69) is 34.6 Å². The lowest BCUT2D eigenvalue weighted by Gasteiger charge is -2.32. The highest BCUT2D eigenvalue weighted by Crippen LogP contribution is 2.36. The van der Waals surface area contributed by atoms with Crippen LogP contribution in [-0.4, -0.2) is 5.78 Å². The fraction of sp³-hybridized carbons (Fsp3) is 0.933. The van der Waals surface area contributed by atoms with Crippen LogP contribution in [0.5, 0.6) is 0 Å². The molecule has 0 aromatic rings. The highest BCUT2D eigenvalue weighted by Gasteiger charge is 2.32. The molecule has 0 bridgehead atoms. The maximum absolute atomic E-state index is 12.1. The second-order valence-corrected chi connectivity index (χ2v) is 6.96. The topological polar surface area (TPSA) is 17.1 Å². The van der Waals surface area contributed by atoms with Gasteiger partial charge in [0.05, 0.1) is 0 Å². The van der Waals surface area contributed by atoms with Crippen molar-refractivity contribution in [2.24, 2.45) is 23.2 Å². The van der Waals surface area contributed by atoms with Gasteiger partial charge in [0.2, 0.25) is 0 Å². The van der Waals surface area contributed by atoms with E-state index in [0.717, 1.165) is 24.7 Å². The summed E-state index contributed by atoms with van der Waals surface area (Å²) in [6.45, 7) is 10.7. The average molecular weight is 224 g/mol. The van der Waals surface area contributed by atoms with Crippen LogP contribution >= 0.6 is 0 Å². The normalized spacial score (nSPS) is 27.1. The number of hydrogen-bond donors (Lipinski definition) is 0. The van der Waals surface area contributed by atoms with E-state index in [1.807, 2.05) is 0 Å². The lowest BCUT2D eigenvalue weighted by molar-refractivity contribution is -0.131. The number of ketones is 1. The molecule has 16 heavy (non-hydrogen) atoms. The first kappa shape index (κ1) is 13.7. The van der Waals surface area contributed by atoms with E-state index < -0.39 is 0 Å². The smallest absolute Gasteiger partial charge is 0.141 e. The number of carbonyl (C=O) groups excluding carboxylic acids is 1. The summed E-state index contributed by atoms with van der Waals surface area (Å²) >= 11 is 0. The van der Waals surface area contributed by atoms with Crippen molar-refractivity contribution in [2.75, 3.05) is 0 Å². The summed E-state index contributed by atoms with van der Waals surface area (Å²) in [5, 5.41) is 0. The van der Waals surface area contributed by atoms with Gasteiger partial charge in [-0.25, -0.2) is 0 Å². The third-order valence-corrected chi connectivity index (χ3v) is 3.76. The van der Waals surface area contributed by atoms with Gasteiger partial charge in [-0.2, -0.15) is 0 Å². The Morgan fingerprint density at radius 1 is 1.12 bits per heavy atom. The molecule has 0 aromatic carbocycles. The summed E-state index contributed by atoms with van der Waals surface area (Å²) < 4.78 is 0. The van der Waals surface area contributed by atoms with Gasteiger partial charge >= 0.3 is 0 Å². The molecule has 0 amide bonds. The summed E-state index contributed by atoms with van der Waals surface area (Å²) in [5.41, 5.74) is -0.143. The molecule has 94 valence electrons. The van der Waals surface area contributed by atoms with Crippen LogP contribution in [-0.2, 0) is 4.79 Å². The zero-order valence-corrected chi connectivity index (χ0v) is 11.7. The Morgan fingerprint density at radius 3 is 2.00 bits per heavy atom. The van der Waals surface area contributed by atoms with Crippen molar-refractivity contribution in [2.45, 2.75) is 66.7 Å². The minimum Gasteiger partial charge on any atom is -0.299 e.